The first-order valence-electron chi connectivity index (χ1n) is 12.4. The van der Waals surface area contributed by atoms with Gasteiger partial charge in [0.05, 0.1) is 18.8 Å². The predicted molar refractivity (Wildman–Crippen MR) is 154 cm³/mol. The first kappa shape index (κ1) is 25.9. The highest BCUT2D eigenvalue weighted by molar-refractivity contribution is 7.12. The normalized spacial score (nSPS) is 11.0. The van der Waals surface area contributed by atoms with Crippen molar-refractivity contribution in [2.75, 3.05) is 0 Å². The maximum absolute atomic E-state index is 12.7. The molecule has 0 radical (unpaired) electrons. The van der Waals surface area contributed by atoms with E-state index in [9.17, 15) is 9.90 Å². The third kappa shape index (κ3) is 5.89. The molecule has 5 rings (SSSR count). The highest BCUT2D eigenvalue weighted by atomic mass is 35.5. The zero-order valence-corrected chi connectivity index (χ0v) is 22.6. The molecule has 3 aromatic carbocycles. The van der Waals surface area contributed by atoms with E-state index in [1.165, 1.54) is 10.4 Å². The van der Waals surface area contributed by atoms with Gasteiger partial charge in [-0.25, -0.2) is 4.98 Å². The zero-order chi connectivity index (χ0) is 26.5. The number of aryl methyl sites for hydroxylation is 1. The number of nitrogens with one attached hydrogen (secondary N) is 1. The van der Waals surface area contributed by atoms with Crippen LogP contribution in [-0.2, 0) is 26.1 Å². The Bertz CT molecular complexity index is 1530. The van der Waals surface area contributed by atoms with Crippen molar-refractivity contribution in [1.29, 1.82) is 0 Å². The van der Waals surface area contributed by atoms with Gasteiger partial charge in [-0.15, -0.1) is 11.3 Å². The largest absolute Gasteiger partial charge is 0.390 e. The van der Waals surface area contributed by atoms with Crippen molar-refractivity contribution in [2.45, 2.75) is 33.0 Å². The summed E-state index contributed by atoms with van der Waals surface area (Å²) < 4.78 is 1.93. The maximum atomic E-state index is 12.7. The van der Waals surface area contributed by atoms with Crippen LogP contribution >= 0.6 is 22.9 Å². The molecule has 5 nitrogen and oxygen atoms in total. The molecule has 2 aromatic heterocycles. The molecule has 38 heavy (non-hydrogen) atoms. The summed E-state index contributed by atoms with van der Waals surface area (Å²) >= 11 is 7.90. The van der Waals surface area contributed by atoms with Gasteiger partial charge in [-0.05, 0) is 47.4 Å². The van der Waals surface area contributed by atoms with Crippen LogP contribution in [0.4, 0.5) is 0 Å². The second kappa shape index (κ2) is 11.8. The highest BCUT2D eigenvalue weighted by Crippen LogP contribution is 2.33. The van der Waals surface area contributed by atoms with Crippen molar-refractivity contribution >= 4 is 28.8 Å². The Balaban J connectivity index is 1.40. The number of hydrogen-bond acceptors (Lipinski definition) is 4. The minimum Gasteiger partial charge on any atom is -0.390 e. The number of carbonyl (C=O) groups excluding carboxylic acids is 1. The zero-order valence-electron chi connectivity index (χ0n) is 21.0. The average molecular weight is 542 g/mol. The Kier molecular flexibility index (Phi) is 8.03. The van der Waals surface area contributed by atoms with Crippen molar-refractivity contribution in [2.24, 2.45) is 0 Å². The lowest BCUT2D eigenvalue weighted by molar-refractivity contribution is 0.0951. The minimum atomic E-state index is -0.158. The van der Waals surface area contributed by atoms with Crippen LogP contribution in [0.25, 0.3) is 11.1 Å². The first-order valence-corrected chi connectivity index (χ1v) is 13.6. The van der Waals surface area contributed by atoms with Crippen LogP contribution in [0.3, 0.4) is 0 Å². The number of hydrogen-bond donors (Lipinski definition) is 2. The molecule has 0 saturated heterocycles. The number of aliphatic hydroxyl groups is 1. The van der Waals surface area contributed by atoms with Gasteiger partial charge in [-0.1, -0.05) is 84.4 Å². The van der Waals surface area contributed by atoms with Crippen molar-refractivity contribution in [3.8, 4) is 11.1 Å². The summed E-state index contributed by atoms with van der Waals surface area (Å²) in [5.74, 6) is 0.682. The molecular weight excluding hydrogens is 514 g/mol. The van der Waals surface area contributed by atoms with E-state index in [1.54, 1.807) is 11.3 Å². The summed E-state index contributed by atoms with van der Waals surface area (Å²) in [5.41, 5.74) is 5.82. The first-order chi connectivity index (χ1) is 18.5. The Morgan fingerprint density at radius 1 is 0.974 bits per heavy atom. The number of nitrogens with zero attached hydrogens (tertiary/aromatic N) is 2. The number of aromatic nitrogens is 2. The quantitative estimate of drug-likeness (QED) is 0.220. The van der Waals surface area contributed by atoms with Gasteiger partial charge in [-0.3, -0.25) is 4.79 Å². The molecule has 0 fully saturated rings. The Labute approximate surface area is 231 Å². The molecule has 0 unspecified atom stereocenters. The molecule has 0 aliphatic carbocycles. The fraction of sp³-hybridized carbons (Fsp3) is 0.161. The monoisotopic (exact) mass is 541 g/mol. The topological polar surface area (TPSA) is 67.2 Å². The van der Waals surface area contributed by atoms with Crippen molar-refractivity contribution in [1.82, 2.24) is 14.9 Å². The maximum Gasteiger partial charge on any atom is 0.251 e. The fourth-order valence-corrected chi connectivity index (χ4v) is 5.95. The molecule has 0 bridgehead atoms. The summed E-state index contributed by atoms with van der Waals surface area (Å²) in [5, 5.41) is 13.1. The van der Waals surface area contributed by atoms with Crippen LogP contribution in [0.1, 0.15) is 42.8 Å². The molecule has 2 heterocycles. The van der Waals surface area contributed by atoms with Gasteiger partial charge in [0, 0.05) is 28.3 Å². The predicted octanol–water partition coefficient (Wildman–Crippen LogP) is 6.63. The van der Waals surface area contributed by atoms with Gasteiger partial charge >= 0.3 is 0 Å². The third-order valence-corrected chi connectivity index (χ3v) is 7.93. The molecule has 0 saturated carbocycles. The number of amides is 1. The summed E-state index contributed by atoms with van der Waals surface area (Å²) in [4.78, 5) is 19.4. The molecule has 7 heteroatoms. The highest BCUT2D eigenvalue weighted by Gasteiger charge is 2.15. The molecule has 5 aromatic rings. The van der Waals surface area contributed by atoms with Gasteiger partial charge in [0.25, 0.3) is 5.91 Å². The Morgan fingerprint density at radius 3 is 2.34 bits per heavy atom. The van der Waals surface area contributed by atoms with E-state index < -0.39 is 0 Å². The summed E-state index contributed by atoms with van der Waals surface area (Å²) in [7, 11) is 0. The molecule has 0 spiro atoms. The number of imidazole rings is 1. The Morgan fingerprint density at radius 2 is 1.66 bits per heavy atom. The lowest BCUT2D eigenvalue weighted by atomic mass is 10.0. The number of thiophene rings is 1. The molecule has 0 atom stereocenters. The van der Waals surface area contributed by atoms with E-state index in [1.807, 2.05) is 47.9 Å². The summed E-state index contributed by atoms with van der Waals surface area (Å²) in [6.07, 6.45) is 0.841. The van der Waals surface area contributed by atoms with Crippen LogP contribution in [0.5, 0.6) is 0 Å². The van der Waals surface area contributed by atoms with E-state index in [-0.39, 0.29) is 12.5 Å². The standard InChI is InChI=1S/C31H28ClN3O2S/c1-21-34-30(32)28(20-36)35(21)19-23-12-14-24(15-13-23)27-17-26(16-22-8-4-2-5-9-22)38-29(27)18-33-31(37)25-10-6-3-7-11-25/h2-15,17,36H,16,18-20H2,1H3,(H,33,37). The van der Waals surface area contributed by atoms with E-state index in [2.05, 4.69) is 64.9 Å². The number of aliphatic hydroxyl groups excluding tert-OH is 1. The molecule has 0 aliphatic rings. The molecule has 0 aliphatic heterocycles. The van der Waals surface area contributed by atoms with E-state index in [0.717, 1.165) is 33.8 Å². The Hall–Kier alpha value is -3.71. The average Bonchev–Trinajstić information content (AvgIpc) is 3.47. The van der Waals surface area contributed by atoms with Crippen molar-refractivity contribution in [3.05, 3.63) is 134 Å². The summed E-state index contributed by atoms with van der Waals surface area (Å²) in [6, 6.07) is 30.3. The lowest BCUT2D eigenvalue weighted by Gasteiger charge is -2.11. The smallest absolute Gasteiger partial charge is 0.251 e. The minimum absolute atomic E-state index is 0.0843. The number of rotatable bonds is 9. The lowest BCUT2D eigenvalue weighted by Crippen LogP contribution is -2.22. The second-order valence-corrected chi connectivity index (χ2v) is 10.7. The van der Waals surface area contributed by atoms with Gasteiger partial charge in [-0.2, -0.15) is 0 Å². The van der Waals surface area contributed by atoms with Gasteiger partial charge in [0.1, 0.15) is 5.82 Å². The van der Waals surface area contributed by atoms with Crippen LogP contribution in [0.2, 0.25) is 5.15 Å². The summed E-state index contributed by atoms with van der Waals surface area (Å²) in [6.45, 7) is 2.76. The van der Waals surface area contributed by atoms with E-state index in [0.29, 0.717) is 29.5 Å². The molecule has 2 N–H and O–H groups in total. The van der Waals surface area contributed by atoms with Crippen LogP contribution in [0.15, 0.2) is 91.0 Å². The molecule has 1 amide bonds. The van der Waals surface area contributed by atoms with Gasteiger partial charge in [0.15, 0.2) is 5.15 Å². The third-order valence-electron chi connectivity index (χ3n) is 6.50. The fourth-order valence-electron chi connectivity index (χ4n) is 4.50. The van der Waals surface area contributed by atoms with Crippen LogP contribution in [-0.4, -0.2) is 20.6 Å². The van der Waals surface area contributed by atoms with Crippen molar-refractivity contribution in [3.63, 3.8) is 0 Å². The number of benzene rings is 3. The molecular formula is C31H28ClN3O2S. The van der Waals surface area contributed by atoms with E-state index >= 15 is 0 Å². The number of carbonyl (C=O) groups is 1. The van der Waals surface area contributed by atoms with Gasteiger partial charge in [0.2, 0.25) is 0 Å². The number of halogens is 1. The van der Waals surface area contributed by atoms with Gasteiger partial charge < -0.3 is 15.0 Å². The van der Waals surface area contributed by atoms with Crippen LogP contribution in [0, 0.1) is 6.92 Å². The molecule has 192 valence electrons. The van der Waals surface area contributed by atoms with Crippen molar-refractivity contribution < 1.29 is 9.90 Å². The second-order valence-electron chi connectivity index (χ2n) is 9.10. The SMILES string of the molecule is Cc1nc(Cl)c(CO)n1Cc1ccc(-c2cc(Cc3ccccc3)sc2CNC(=O)c2ccccc2)cc1. The van der Waals surface area contributed by atoms with Crippen LogP contribution < -0.4 is 5.32 Å². The van der Waals surface area contributed by atoms with E-state index in [4.69, 9.17) is 11.6 Å².